The average molecular weight is 582 g/mol. The Morgan fingerprint density at radius 1 is 1.18 bits per heavy atom. The fourth-order valence-corrected chi connectivity index (χ4v) is 6.27. The van der Waals surface area contributed by atoms with Crippen LogP contribution >= 0.6 is 0 Å². The zero-order chi connectivity index (χ0) is 29.3. The summed E-state index contributed by atoms with van der Waals surface area (Å²) in [7, 11) is -0.310. The highest BCUT2D eigenvalue weighted by Gasteiger charge is 2.45. The van der Waals surface area contributed by atoms with Gasteiger partial charge in [0.2, 0.25) is 10.0 Å². The number of sulfonamides is 1. The van der Waals surface area contributed by atoms with Gasteiger partial charge in [-0.15, -0.1) is 13.2 Å². The van der Waals surface area contributed by atoms with Gasteiger partial charge in [-0.3, -0.25) is 20.5 Å². The van der Waals surface area contributed by atoms with E-state index in [2.05, 4.69) is 14.7 Å². The van der Waals surface area contributed by atoms with E-state index < -0.39 is 27.7 Å². The molecular formula is C26H30F3N5O5S. The van der Waals surface area contributed by atoms with Gasteiger partial charge in [0.25, 0.3) is 5.91 Å². The lowest BCUT2D eigenvalue weighted by Gasteiger charge is -2.36. The monoisotopic (exact) mass is 581 g/mol. The van der Waals surface area contributed by atoms with Crippen molar-refractivity contribution in [3.8, 4) is 5.75 Å². The zero-order valence-electron chi connectivity index (χ0n) is 22.2. The second-order valence-corrected chi connectivity index (χ2v) is 12.0. The number of alkyl halides is 3. The third-order valence-electron chi connectivity index (χ3n) is 6.98. The molecule has 2 aliphatic heterocycles. The van der Waals surface area contributed by atoms with Crippen LogP contribution in [0, 0.1) is 6.92 Å². The molecule has 1 spiro atoms. The van der Waals surface area contributed by atoms with Crippen molar-refractivity contribution in [2.45, 2.75) is 38.1 Å². The summed E-state index contributed by atoms with van der Waals surface area (Å²) in [5, 5.41) is 9.72. The zero-order valence-corrected chi connectivity index (χ0v) is 23.0. The molecule has 1 fully saturated rings. The molecule has 216 valence electrons. The second-order valence-electron chi connectivity index (χ2n) is 9.92. The van der Waals surface area contributed by atoms with E-state index in [9.17, 15) is 31.6 Å². The van der Waals surface area contributed by atoms with Crippen molar-refractivity contribution >= 4 is 27.6 Å². The first kappa shape index (κ1) is 29.5. The number of amides is 1. The molecule has 4 rings (SSSR count). The van der Waals surface area contributed by atoms with Crippen LogP contribution in [0.5, 0.6) is 5.75 Å². The third kappa shape index (κ3) is 6.45. The van der Waals surface area contributed by atoms with Gasteiger partial charge in [-0.2, -0.15) is 0 Å². The van der Waals surface area contributed by atoms with Crippen molar-refractivity contribution < 1.29 is 36.3 Å². The highest BCUT2D eigenvalue weighted by Crippen LogP contribution is 2.34. The standard InChI is InChI=1S/C26H30F3N5O5S/c1-17-15-20(23(35)33(2)3)8-7-18(17)9-14-40(37,38)34-12-10-25(11-13-34)24(32-36)30-22(31-25)19-5-4-6-21(16-19)39-26(27,28)29/h4-8,15-16,36H,9-14H2,1-3H3,(H,30,31,32). The first-order chi connectivity index (χ1) is 18.7. The molecule has 40 heavy (non-hydrogen) atoms. The molecule has 14 heteroatoms. The summed E-state index contributed by atoms with van der Waals surface area (Å²) in [5.74, 6) is -0.485. The van der Waals surface area contributed by atoms with Crippen LogP contribution in [0.25, 0.3) is 0 Å². The SMILES string of the molecule is Cc1cc(C(=O)N(C)C)ccc1CCS(=O)(=O)N1CCC2(CC1)N=C(c1cccc(OC(F)(F)F)c1)N=C2NO. The van der Waals surface area contributed by atoms with Gasteiger partial charge >= 0.3 is 6.36 Å². The molecule has 0 atom stereocenters. The second kappa shape index (κ2) is 11.2. The number of aliphatic imine (C=N–C) groups is 2. The molecule has 10 nitrogen and oxygen atoms in total. The van der Waals surface area contributed by atoms with E-state index in [4.69, 9.17) is 0 Å². The Kier molecular flexibility index (Phi) is 8.24. The first-order valence-corrected chi connectivity index (χ1v) is 14.1. The molecule has 2 heterocycles. The largest absolute Gasteiger partial charge is 0.573 e. The molecule has 0 bridgehead atoms. The number of rotatable bonds is 7. The number of amidine groups is 2. The van der Waals surface area contributed by atoms with Gasteiger partial charge in [0.15, 0.2) is 11.7 Å². The molecule has 2 aromatic carbocycles. The van der Waals surface area contributed by atoms with E-state index >= 15 is 0 Å². The number of carbonyl (C=O) groups excluding carboxylic acids is 1. The van der Waals surface area contributed by atoms with Crippen LogP contribution < -0.4 is 10.2 Å². The van der Waals surface area contributed by atoms with Gasteiger partial charge in [-0.25, -0.2) is 17.7 Å². The fourth-order valence-electron chi connectivity index (χ4n) is 4.80. The first-order valence-electron chi connectivity index (χ1n) is 12.5. The summed E-state index contributed by atoms with van der Waals surface area (Å²) < 4.78 is 69.6. The predicted octanol–water partition coefficient (Wildman–Crippen LogP) is 3.14. The molecular weight excluding hydrogens is 551 g/mol. The van der Waals surface area contributed by atoms with Gasteiger partial charge in [0.1, 0.15) is 11.3 Å². The normalized spacial score (nSPS) is 17.4. The van der Waals surface area contributed by atoms with Gasteiger partial charge < -0.3 is 9.64 Å². The number of ether oxygens (including phenoxy) is 1. The molecule has 0 saturated carbocycles. The van der Waals surface area contributed by atoms with E-state index in [1.165, 1.54) is 21.3 Å². The number of halogens is 3. The molecule has 2 aromatic rings. The number of nitrogens with zero attached hydrogens (tertiary/aromatic N) is 4. The van der Waals surface area contributed by atoms with E-state index in [-0.39, 0.29) is 61.2 Å². The Morgan fingerprint density at radius 3 is 2.48 bits per heavy atom. The summed E-state index contributed by atoms with van der Waals surface area (Å²) >= 11 is 0. The highest BCUT2D eigenvalue weighted by molar-refractivity contribution is 7.89. The maximum atomic E-state index is 13.2. The Balaban J connectivity index is 1.43. The molecule has 1 saturated heterocycles. The molecule has 0 aromatic heterocycles. The van der Waals surface area contributed by atoms with E-state index in [1.54, 1.807) is 32.3 Å². The molecule has 0 unspecified atom stereocenters. The van der Waals surface area contributed by atoms with Crippen LogP contribution in [-0.2, 0) is 16.4 Å². The lowest BCUT2D eigenvalue weighted by atomic mass is 9.88. The minimum atomic E-state index is -4.86. The number of piperidine rings is 1. The van der Waals surface area contributed by atoms with Crippen molar-refractivity contribution in [1.29, 1.82) is 0 Å². The maximum Gasteiger partial charge on any atom is 0.573 e. The summed E-state index contributed by atoms with van der Waals surface area (Å²) in [5.41, 5.74) is 3.43. The minimum Gasteiger partial charge on any atom is -0.406 e. The van der Waals surface area contributed by atoms with Crippen molar-refractivity contribution in [2.75, 3.05) is 32.9 Å². The van der Waals surface area contributed by atoms with Crippen molar-refractivity contribution in [2.24, 2.45) is 9.98 Å². The lowest BCUT2D eigenvalue weighted by molar-refractivity contribution is -0.274. The minimum absolute atomic E-state index is 0.102. The molecule has 0 radical (unpaired) electrons. The summed E-state index contributed by atoms with van der Waals surface area (Å²) in [6.45, 7) is 2.07. The van der Waals surface area contributed by atoms with Crippen molar-refractivity contribution in [3.63, 3.8) is 0 Å². The Morgan fingerprint density at radius 2 is 1.88 bits per heavy atom. The van der Waals surface area contributed by atoms with Crippen LogP contribution in [0.1, 0.15) is 39.9 Å². The molecule has 2 N–H and O–H groups in total. The summed E-state index contributed by atoms with van der Waals surface area (Å²) in [6, 6.07) is 10.4. The number of nitrogens with one attached hydrogen (secondary N) is 1. The number of carbonyl (C=O) groups is 1. The molecule has 0 aliphatic carbocycles. The van der Waals surface area contributed by atoms with Crippen LogP contribution in [0.2, 0.25) is 0 Å². The Labute approximate surface area is 230 Å². The lowest BCUT2D eigenvalue weighted by Crippen LogP contribution is -2.52. The Hall–Kier alpha value is -3.49. The number of benzene rings is 2. The predicted molar refractivity (Wildman–Crippen MR) is 142 cm³/mol. The van der Waals surface area contributed by atoms with E-state index in [0.717, 1.165) is 23.3 Å². The van der Waals surface area contributed by atoms with Crippen molar-refractivity contribution in [1.82, 2.24) is 14.7 Å². The molecule has 1 amide bonds. The van der Waals surface area contributed by atoms with Gasteiger partial charge in [-0.1, -0.05) is 18.2 Å². The smallest absolute Gasteiger partial charge is 0.406 e. The molecule has 2 aliphatic rings. The summed E-state index contributed by atoms with van der Waals surface area (Å²) in [6.07, 6.45) is -4.16. The van der Waals surface area contributed by atoms with Crippen LogP contribution in [-0.4, -0.2) is 85.2 Å². The van der Waals surface area contributed by atoms with E-state index in [1.807, 2.05) is 12.4 Å². The van der Waals surface area contributed by atoms with Gasteiger partial charge in [-0.05, 0) is 61.6 Å². The summed E-state index contributed by atoms with van der Waals surface area (Å²) in [4.78, 5) is 22.5. The fraction of sp³-hybridized carbons (Fsp3) is 0.423. The van der Waals surface area contributed by atoms with Crippen LogP contribution in [0.3, 0.4) is 0 Å². The number of aryl methyl sites for hydroxylation is 2. The average Bonchev–Trinajstić information content (AvgIpc) is 3.24. The number of hydrogen-bond donors (Lipinski definition) is 2. The third-order valence-corrected chi connectivity index (χ3v) is 8.85. The van der Waals surface area contributed by atoms with Gasteiger partial charge in [0, 0.05) is 38.3 Å². The quantitative estimate of drug-likeness (QED) is 0.485. The van der Waals surface area contributed by atoms with Crippen molar-refractivity contribution in [3.05, 3.63) is 64.7 Å². The van der Waals surface area contributed by atoms with Crippen LogP contribution in [0.4, 0.5) is 13.2 Å². The van der Waals surface area contributed by atoms with Crippen LogP contribution in [0.15, 0.2) is 52.4 Å². The highest BCUT2D eigenvalue weighted by atomic mass is 32.2. The van der Waals surface area contributed by atoms with E-state index in [0.29, 0.717) is 5.56 Å². The van der Waals surface area contributed by atoms with Gasteiger partial charge in [0.05, 0.1) is 5.75 Å². The number of hydrogen-bond acceptors (Lipinski definition) is 8. The Bertz CT molecular complexity index is 1450. The maximum absolute atomic E-state index is 13.2. The topological polar surface area (TPSA) is 124 Å². The number of hydroxylamine groups is 1.